The molecular formula is C16H21N3OS2. The van der Waals surface area contributed by atoms with Crippen LogP contribution in [0.3, 0.4) is 0 Å². The van der Waals surface area contributed by atoms with Crippen molar-refractivity contribution in [3.8, 4) is 11.4 Å². The monoisotopic (exact) mass is 335 g/mol. The first-order valence-electron chi connectivity index (χ1n) is 8.19. The molecule has 2 aliphatic rings. The summed E-state index contributed by atoms with van der Waals surface area (Å²) in [5.74, 6) is 1.000. The summed E-state index contributed by atoms with van der Waals surface area (Å²) in [5, 5.41) is 9.79. The van der Waals surface area contributed by atoms with E-state index in [9.17, 15) is 0 Å². The molecule has 0 unspecified atom stereocenters. The predicted molar refractivity (Wildman–Crippen MR) is 91.0 cm³/mol. The zero-order valence-electron chi connectivity index (χ0n) is 12.6. The molecule has 3 heterocycles. The fourth-order valence-electron chi connectivity index (χ4n) is 3.54. The normalized spacial score (nSPS) is 21.7. The first-order valence-corrected chi connectivity index (χ1v) is 9.48. The fraction of sp³-hybridized carbons (Fsp3) is 0.625. The van der Waals surface area contributed by atoms with Gasteiger partial charge in [0.1, 0.15) is 0 Å². The summed E-state index contributed by atoms with van der Waals surface area (Å²) in [6.07, 6.45) is 8.88. The number of fused-ring (bicyclic) bond motifs is 1. The third-order valence-electron chi connectivity index (χ3n) is 4.72. The molecule has 1 N–H and O–H groups in total. The molecule has 6 heteroatoms. The quantitative estimate of drug-likeness (QED) is 0.678. The van der Waals surface area contributed by atoms with E-state index < -0.39 is 0 Å². The van der Waals surface area contributed by atoms with E-state index in [-0.39, 0.29) is 6.10 Å². The highest BCUT2D eigenvalue weighted by molar-refractivity contribution is 7.71. The Hall–Kier alpha value is -0.980. The third kappa shape index (κ3) is 2.68. The Balaban J connectivity index is 1.71. The van der Waals surface area contributed by atoms with Crippen molar-refractivity contribution < 1.29 is 4.74 Å². The first kappa shape index (κ1) is 14.6. The molecule has 0 radical (unpaired) electrons. The van der Waals surface area contributed by atoms with Gasteiger partial charge in [0.15, 0.2) is 10.6 Å². The molecule has 2 aromatic heterocycles. The third-order valence-corrected chi connectivity index (χ3v) is 6.12. The number of nitrogens with zero attached hydrogens (tertiary/aromatic N) is 2. The van der Waals surface area contributed by atoms with Crippen molar-refractivity contribution >= 4 is 23.6 Å². The summed E-state index contributed by atoms with van der Waals surface area (Å²) in [6, 6.07) is 0. The number of aryl methyl sites for hydroxylation is 1. The highest BCUT2D eigenvalue weighted by Crippen LogP contribution is 2.35. The molecule has 0 spiro atoms. The van der Waals surface area contributed by atoms with Crippen molar-refractivity contribution in [2.45, 2.75) is 57.6 Å². The molecule has 0 saturated carbocycles. The largest absolute Gasteiger partial charge is 0.376 e. The number of aromatic nitrogens is 3. The van der Waals surface area contributed by atoms with Gasteiger partial charge in [0, 0.05) is 22.4 Å². The summed E-state index contributed by atoms with van der Waals surface area (Å²) >= 11 is 7.34. The van der Waals surface area contributed by atoms with Crippen molar-refractivity contribution in [1.29, 1.82) is 0 Å². The number of rotatable bonds is 3. The Morgan fingerprint density at radius 2 is 2.23 bits per heavy atom. The van der Waals surface area contributed by atoms with E-state index in [1.807, 2.05) is 11.3 Å². The first-order chi connectivity index (χ1) is 10.8. The smallest absolute Gasteiger partial charge is 0.195 e. The minimum atomic E-state index is 0.278. The lowest BCUT2D eigenvalue weighted by molar-refractivity contribution is 0.0970. The summed E-state index contributed by atoms with van der Waals surface area (Å²) in [6.45, 7) is 1.69. The van der Waals surface area contributed by atoms with Gasteiger partial charge in [0.2, 0.25) is 0 Å². The molecule has 4 nitrogen and oxygen atoms in total. The van der Waals surface area contributed by atoms with Crippen LogP contribution < -0.4 is 0 Å². The lowest BCUT2D eigenvalue weighted by Gasteiger charge is -2.12. The van der Waals surface area contributed by atoms with Crippen LogP contribution in [0.1, 0.15) is 42.5 Å². The molecule has 118 valence electrons. The second-order valence-corrected chi connectivity index (χ2v) is 7.56. The maximum Gasteiger partial charge on any atom is 0.195 e. The van der Waals surface area contributed by atoms with E-state index in [1.165, 1.54) is 43.2 Å². The second-order valence-electron chi connectivity index (χ2n) is 6.21. The molecule has 4 rings (SSSR count). The van der Waals surface area contributed by atoms with E-state index in [0.717, 1.165) is 31.8 Å². The number of ether oxygens (including phenoxy) is 1. The summed E-state index contributed by atoms with van der Waals surface area (Å²) in [4.78, 5) is 1.55. The minimum Gasteiger partial charge on any atom is -0.376 e. The molecule has 22 heavy (non-hydrogen) atoms. The van der Waals surface area contributed by atoms with Gasteiger partial charge in [-0.25, -0.2) is 0 Å². The van der Waals surface area contributed by atoms with Gasteiger partial charge in [-0.05, 0) is 56.3 Å². The number of hydrogen-bond acceptors (Lipinski definition) is 4. The summed E-state index contributed by atoms with van der Waals surface area (Å²) in [7, 11) is 0. The number of nitrogens with one attached hydrogen (secondary N) is 1. The highest BCUT2D eigenvalue weighted by atomic mass is 32.1. The SMILES string of the molecule is S=c1[nH]nc(-c2csc3c2CCCCC3)n1C[C@@H]1CCCO1. The topological polar surface area (TPSA) is 42.8 Å². The van der Waals surface area contributed by atoms with Crippen LogP contribution >= 0.6 is 23.6 Å². The standard InChI is InChI=1S/C16H21N3OS2/c21-16-18-17-15(19(16)9-11-5-4-8-20-11)13-10-22-14-7-3-1-2-6-12(13)14/h10-11H,1-9H2,(H,18,21)/t11-/m0/s1. The van der Waals surface area contributed by atoms with E-state index in [1.54, 1.807) is 4.88 Å². The van der Waals surface area contributed by atoms with Crippen LogP contribution in [0.4, 0.5) is 0 Å². The summed E-state index contributed by atoms with van der Waals surface area (Å²) in [5.41, 5.74) is 2.79. The van der Waals surface area contributed by atoms with Gasteiger partial charge in [0.25, 0.3) is 0 Å². The van der Waals surface area contributed by atoms with Crippen molar-refractivity contribution in [1.82, 2.24) is 14.8 Å². The zero-order chi connectivity index (χ0) is 14.9. The van der Waals surface area contributed by atoms with Crippen LogP contribution in [0.15, 0.2) is 5.38 Å². The molecule has 0 amide bonds. The Labute approximate surface area is 139 Å². The average molecular weight is 335 g/mol. The second kappa shape index (κ2) is 6.26. The molecule has 1 fully saturated rings. The fourth-order valence-corrected chi connectivity index (χ4v) is 4.87. The minimum absolute atomic E-state index is 0.278. The van der Waals surface area contributed by atoms with Gasteiger partial charge < -0.3 is 4.74 Å². The van der Waals surface area contributed by atoms with E-state index in [2.05, 4.69) is 20.1 Å². The Morgan fingerprint density at radius 3 is 3.09 bits per heavy atom. The van der Waals surface area contributed by atoms with Crippen LogP contribution in [0.5, 0.6) is 0 Å². The lowest BCUT2D eigenvalue weighted by atomic mass is 10.1. The Bertz CT molecular complexity index is 709. The van der Waals surface area contributed by atoms with Crippen LogP contribution in [-0.4, -0.2) is 27.5 Å². The van der Waals surface area contributed by atoms with Crippen LogP contribution in [0, 0.1) is 4.77 Å². The predicted octanol–water partition coefficient (Wildman–Crippen LogP) is 4.12. The van der Waals surface area contributed by atoms with E-state index in [4.69, 9.17) is 17.0 Å². The maximum absolute atomic E-state index is 5.78. The van der Waals surface area contributed by atoms with Gasteiger partial charge in [-0.1, -0.05) is 6.42 Å². The molecule has 1 saturated heterocycles. The molecule has 1 atom stereocenters. The van der Waals surface area contributed by atoms with Gasteiger partial charge in [-0.3, -0.25) is 9.67 Å². The van der Waals surface area contributed by atoms with Crippen LogP contribution in [0.2, 0.25) is 0 Å². The van der Waals surface area contributed by atoms with E-state index >= 15 is 0 Å². The van der Waals surface area contributed by atoms with E-state index in [0.29, 0.717) is 4.77 Å². The van der Waals surface area contributed by atoms with Gasteiger partial charge in [-0.15, -0.1) is 11.3 Å². The van der Waals surface area contributed by atoms with Crippen molar-refractivity contribution in [3.05, 3.63) is 20.6 Å². The molecule has 1 aliphatic heterocycles. The van der Waals surface area contributed by atoms with Crippen molar-refractivity contribution in [2.75, 3.05) is 6.61 Å². The van der Waals surface area contributed by atoms with Gasteiger partial charge in [0.05, 0.1) is 12.6 Å². The molecule has 2 aromatic rings. The maximum atomic E-state index is 5.78. The average Bonchev–Trinajstić information content (AvgIpc) is 3.20. The molecule has 0 bridgehead atoms. The molecule has 0 aromatic carbocycles. The Kier molecular flexibility index (Phi) is 4.15. The van der Waals surface area contributed by atoms with Crippen molar-refractivity contribution in [3.63, 3.8) is 0 Å². The van der Waals surface area contributed by atoms with Gasteiger partial charge in [-0.2, -0.15) is 5.10 Å². The molecule has 1 aliphatic carbocycles. The lowest BCUT2D eigenvalue weighted by Crippen LogP contribution is -2.16. The number of H-pyrrole nitrogens is 1. The van der Waals surface area contributed by atoms with Crippen LogP contribution in [0.25, 0.3) is 11.4 Å². The zero-order valence-corrected chi connectivity index (χ0v) is 14.3. The number of aromatic amines is 1. The number of thiophene rings is 1. The number of hydrogen-bond donors (Lipinski definition) is 1. The molecular weight excluding hydrogens is 314 g/mol. The van der Waals surface area contributed by atoms with Crippen LogP contribution in [-0.2, 0) is 24.1 Å². The van der Waals surface area contributed by atoms with Crippen molar-refractivity contribution in [2.24, 2.45) is 0 Å². The van der Waals surface area contributed by atoms with Gasteiger partial charge >= 0.3 is 0 Å². The highest BCUT2D eigenvalue weighted by Gasteiger charge is 2.22. The summed E-state index contributed by atoms with van der Waals surface area (Å²) < 4.78 is 8.62. The Morgan fingerprint density at radius 1 is 1.32 bits per heavy atom.